The molecule has 0 aliphatic heterocycles. The van der Waals surface area contributed by atoms with Gasteiger partial charge in [0.2, 0.25) is 0 Å². The number of hydrogen-bond donors (Lipinski definition) is 0. The molecule has 0 fully saturated rings. The maximum atomic E-state index is 2.35. The molecule has 0 nitrogen and oxygen atoms in total. The molecular formula is C12H24S. The lowest BCUT2D eigenvalue weighted by atomic mass is 10.1. The van der Waals surface area contributed by atoms with E-state index in [1.54, 1.807) is 0 Å². The Balaban J connectivity index is 3.18. The quantitative estimate of drug-likeness (QED) is 0.410. The summed E-state index contributed by atoms with van der Waals surface area (Å²) in [6, 6.07) is 0. The summed E-state index contributed by atoms with van der Waals surface area (Å²) in [5.74, 6) is 2.19. The van der Waals surface area contributed by atoms with Crippen LogP contribution in [0, 0.1) is 5.92 Å². The first-order chi connectivity index (χ1) is 6.31. The van der Waals surface area contributed by atoms with E-state index in [0.29, 0.717) is 0 Å². The van der Waals surface area contributed by atoms with Gasteiger partial charge in [0.25, 0.3) is 0 Å². The van der Waals surface area contributed by atoms with E-state index in [0.717, 1.165) is 5.92 Å². The highest BCUT2D eigenvalue weighted by molar-refractivity contribution is 7.98. The van der Waals surface area contributed by atoms with Crippen LogP contribution in [0.2, 0.25) is 0 Å². The molecule has 0 rings (SSSR count). The standard InChI is InChI=1S/C12H24S/c1-4-5-6-7-8-9-10-12(2)11-13-3/h7-8,12H,4-6,9-11H2,1-3H3/b8-7-. The van der Waals surface area contributed by atoms with Crippen molar-refractivity contribution in [2.45, 2.75) is 46.0 Å². The minimum absolute atomic E-state index is 0.880. The van der Waals surface area contributed by atoms with Crippen molar-refractivity contribution in [3.8, 4) is 0 Å². The van der Waals surface area contributed by atoms with E-state index in [9.17, 15) is 0 Å². The van der Waals surface area contributed by atoms with Gasteiger partial charge in [-0.05, 0) is 37.2 Å². The van der Waals surface area contributed by atoms with Crippen molar-refractivity contribution in [3.05, 3.63) is 12.2 Å². The average Bonchev–Trinajstić information content (AvgIpc) is 2.11. The van der Waals surface area contributed by atoms with E-state index in [1.165, 1.54) is 37.9 Å². The van der Waals surface area contributed by atoms with Gasteiger partial charge in [0.05, 0.1) is 0 Å². The Morgan fingerprint density at radius 3 is 2.54 bits per heavy atom. The third-order valence-corrected chi connectivity index (χ3v) is 3.07. The molecule has 0 bridgehead atoms. The monoisotopic (exact) mass is 200 g/mol. The van der Waals surface area contributed by atoms with Gasteiger partial charge in [-0.25, -0.2) is 0 Å². The largest absolute Gasteiger partial charge is 0.165 e. The molecule has 0 radical (unpaired) electrons. The Labute approximate surface area is 88.2 Å². The first-order valence-electron chi connectivity index (χ1n) is 5.45. The number of thioether (sulfide) groups is 1. The molecule has 1 heteroatoms. The molecule has 1 atom stereocenters. The summed E-state index contributed by atoms with van der Waals surface area (Å²) in [5.41, 5.74) is 0. The predicted molar refractivity (Wildman–Crippen MR) is 65.4 cm³/mol. The summed E-state index contributed by atoms with van der Waals surface area (Å²) in [7, 11) is 0. The van der Waals surface area contributed by atoms with Crippen LogP contribution >= 0.6 is 11.8 Å². The summed E-state index contributed by atoms with van der Waals surface area (Å²) in [4.78, 5) is 0. The topological polar surface area (TPSA) is 0 Å². The number of hydrogen-bond acceptors (Lipinski definition) is 1. The van der Waals surface area contributed by atoms with Crippen LogP contribution in [0.4, 0.5) is 0 Å². The Morgan fingerprint density at radius 2 is 1.92 bits per heavy atom. The molecule has 0 saturated heterocycles. The Hall–Kier alpha value is 0.0900. The fourth-order valence-electron chi connectivity index (χ4n) is 1.31. The fraction of sp³-hybridized carbons (Fsp3) is 0.833. The second-order valence-corrected chi connectivity index (χ2v) is 4.66. The summed E-state index contributed by atoms with van der Waals surface area (Å²) in [6.45, 7) is 4.59. The third kappa shape index (κ3) is 10.0. The van der Waals surface area contributed by atoms with Crippen molar-refractivity contribution < 1.29 is 0 Å². The Morgan fingerprint density at radius 1 is 1.23 bits per heavy atom. The van der Waals surface area contributed by atoms with E-state index in [2.05, 4.69) is 32.3 Å². The molecule has 1 unspecified atom stereocenters. The Bertz CT molecular complexity index is 118. The molecule has 0 aromatic rings. The van der Waals surface area contributed by atoms with Gasteiger partial charge in [0.15, 0.2) is 0 Å². The summed E-state index contributed by atoms with van der Waals surface area (Å²) in [6.07, 6.45) is 13.4. The average molecular weight is 200 g/mol. The lowest BCUT2D eigenvalue weighted by Gasteiger charge is -2.06. The van der Waals surface area contributed by atoms with Crippen LogP contribution in [0.3, 0.4) is 0 Å². The van der Waals surface area contributed by atoms with Gasteiger partial charge in [0, 0.05) is 0 Å². The number of rotatable bonds is 8. The smallest absolute Gasteiger partial charge is 0.00444 e. The molecule has 0 spiro atoms. The van der Waals surface area contributed by atoms with Crippen LogP contribution in [-0.4, -0.2) is 12.0 Å². The summed E-state index contributed by atoms with van der Waals surface area (Å²) < 4.78 is 0. The fourth-order valence-corrected chi connectivity index (χ4v) is 2.04. The molecule has 13 heavy (non-hydrogen) atoms. The van der Waals surface area contributed by atoms with Crippen LogP contribution in [0.5, 0.6) is 0 Å². The first kappa shape index (κ1) is 13.1. The minimum Gasteiger partial charge on any atom is -0.165 e. The van der Waals surface area contributed by atoms with Crippen LogP contribution in [0.15, 0.2) is 12.2 Å². The van der Waals surface area contributed by atoms with Crippen LogP contribution in [0.1, 0.15) is 46.0 Å². The maximum Gasteiger partial charge on any atom is -0.00444 e. The second-order valence-electron chi connectivity index (χ2n) is 3.75. The SMILES string of the molecule is CCCC/C=C\CCC(C)CSC. The zero-order chi connectivity index (χ0) is 9.94. The van der Waals surface area contributed by atoms with Gasteiger partial charge >= 0.3 is 0 Å². The number of unbranched alkanes of at least 4 members (excludes halogenated alkanes) is 2. The summed E-state index contributed by atoms with van der Waals surface area (Å²) in [5, 5.41) is 0. The van der Waals surface area contributed by atoms with Crippen LogP contribution in [0.25, 0.3) is 0 Å². The zero-order valence-corrected chi connectivity index (χ0v) is 10.2. The zero-order valence-electron chi connectivity index (χ0n) is 9.38. The summed E-state index contributed by atoms with van der Waals surface area (Å²) >= 11 is 1.96. The van der Waals surface area contributed by atoms with Crippen molar-refractivity contribution >= 4 is 11.8 Å². The molecule has 0 amide bonds. The molecule has 0 aliphatic carbocycles. The van der Waals surface area contributed by atoms with Crippen molar-refractivity contribution in [2.75, 3.05) is 12.0 Å². The molecule has 0 aliphatic rings. The van der Waals surface area contributed by atoms with Gasteiger partial charge in [-0.3, -0.25) is 0 Å². The van der Waals surface area contributed by atoms with E-state index in [4.69, 9.17) is 0 Å². The third-order valence-electron chi connectivity index (χ3n) is 2.17. The molecule has 0 N–H and O–H groups in total. The van der Waals surface area contributed by atoms with Crippen molar-refractivity contribution in [3.63, 3.8) is 0 Å². The minimum atomic E-state index is 0.880. The molecule has 0 heterocycles. The van der Waals surface area contributed by atoms with Gasteiger partial charge in [-0.15, -0.1) is 0 Å². The Kier molecular flexibility index (Phi) is 10.2. The molecular weight excluding hydrogens is 176 g/mol. The highest BCUT2D eigenvalue weighted by Crippen LogP contribution is 2.11. The van der Waals surface area contributed by atoms with E-state index in [-0.39, 0.29) is 0 Å². The molecule has 0 saturated carbocycles. The lowest BCUT2D eigenvalue weighted by Crippen LogP contribution is -1.96. The van der Waals surface area contributed by atoms with E-state index in [1.807, 2.05) is 11.8 Å². The normalized spacial score (nSPS) is 13.8. The first-order valence-corrected chi connectivity index (χ1v) is 6.84. The molecule has 78 valence electrons. The lowest BCUT2D eigenvalue weighted by molar-refractivity contribution is 0.603. The van der Waals surface area contributed by atoms with E-state index < -0.39 is 0 Å². The highest BCUT2D eigenvalue weighted by atomic mass is 32.2. The molecule has 0 aromatic carbocycles. The molecule has 0 aromatic heterocycles. The van der Waals surface area contributed by atoms with Crippen LogP contribution in [-0.2, 0) is 0 Å². The van der Waals surface area contributed by atoms with Crippen molar-refractivity contribution in [1.82, 2.24) is 0 Å². The van der Waals surface area contributed by atoms with Gasteiger partial charge < -0.3 is 0 Å². The predicted octanol–water partition coefficient (Wildman–Crippen LogP) is 4.51. The second kappa shape index (κ2) is 10.2. The van der Waals surface area contributed by atoms with Crippen molar-refractivity contribution in [2.24, 2.45) is 5.92 Å². The maximum absolute atomic E-state index is 2.35. The van der Waals surface area contributed by atoms with Crippen molar-refractivity contribution in [1.29, 1.82) is 0 Å². The van der Waals surface area contributed by atoms with Gasteiger partial charge in [-0.1, -0.05) is 38.8 Å². The highest BCUT2D eigenvalue weighted by Gasteiger charge is 1.97. The van der Waals surface area contributed by atoms with Gasteiger partial charge in [-0.2, -0.15) is 11.8 Å². The van der Waals surface area contributed by atoms with Gasteiger partial charge in [0.1, 0.15) is 0 Å². The number of allylic oxidation sites excluding steroid dienone is 2. The van der Waals surface area contributed by atoms with Crippen LogP contribution < -0.4 is 0 Å². The van der Waals surface area contributed by atoms with E-state index >= 15 is 0 Å².